The molecule has 2 heterocycles. The molecule has 0 N–H and O–H groups in total. The summed E-state index contributed by atoms with van der Waals surface area (Å²) in [7, 11) is 0. The molecule has 1 saturated heterocycles. The van der Waals surface area contributed by atoms with E-state index in [9.17, 15) is 13.2 Å². The third-order valence-electron chi connectivity index (χ3n) is 4.17. The van der Waals surface area contributed by atoms with Gasteiger partial charge < -0.3 is 4.90 Å². The van der Waals surface area contributed by atoms with Gasteiger partial charge in [0.05, 0.1) is 11.3 Å². The van der Waals surface area contributed by atoms with E-state index in [1.165, 1.54) is 0 Å². The quantitative estimate of drug-likeness (QED) is 0.701. The molecule has 0 radical (unpaired) electrons. The number of hydrogen-bond acceptors (Lipinski definition) is 2. The second-order valence-corrected chi connectivity index (χ2v) is 5.80. The summed E-state index contributed by atoms with van der Waals surface area (Å²) in [6.45, 7) is 3.29. The standard InChI is InChI=1S/C14H15F3N2/c1-13(2)11(14(15,16)17)8-19-7-9-5-3-4-6-10(9)18-12(13)19/h3-7,11-12H,8H2,1-2H3. The summed E-state index contributed by atoms with van der Waals surface area (Å²) in [5.74, 6) is -1.35. The molecule has 2 aliphatic heterocycles. The lowest BCUT2D eigenvalue weighted by Crippen LogP contribution is -2.44. The molecule has 1 fully saturated rings. The van der Waals surface area contributed by atoms with E-state index in [0.717, 1.165) is 10.6 Å². The first kappa shape index (κ1) is 12.5. The Kier molecular flexibility index (Phi) is 2.46. The van der Waals surface area contributed by atoms with Crippen LogP contribution in [0.15, 0.2) is 29.3 Å². The van der Waals surface area contributed by atoms with Crippen LogP contribution in [0.25, 0.3) is 6.20 Å². The number of nitrogens with zero attached hydrogens (tertiary/aromatic N) is 2. The van der Waals surface area contributed by atoms with Gasteiger partial charge in [-0.1, -0.05) is 32.0 Å². The van der Waals surface area contributed by atoms with Crippen LogP contribution < -0.4 is 10.6 Å². The molecule has 2 atom stereocenters. The van der Waals surface area contributed by atoms with Crippen molar-refractivity contribution in [3.8, 4) is 0 Å². The van der Waals surface area contributed by atoms with Crippen LogP contribution >= 0.6 is 0 Å². The Balaban J connectivity index is 2.10. The summed E-state index contributed by atoms with van der Waals surface area (Å²) in [4.78, 5) is 6.24. The van der Waals surface area contributed by atoms with Crippen molar-refractivity contribution in [2.24, 2.45) is 16.3 Å². The molecule has 0 amide bonds. The average Bonchev–Trinajstić information content (AvgIpc) is 2.58. The molecule has 0 aliphatic carbocycles. The molecule has 0 aromatic heterocycles. The van der Waals surface area contributed by atoms with Gasteiger partial charge in [-0.25, -0.2) is 0 Å². The number of fused-ring (bicyclic) bond motifs is 2. The molecule has 2 aliphatic rings. The monoisotopic (exact) mass is 268 g/mol. The van der Waals surface area contributed by atoms with Crippen LogP contribution in [0.4, 0.5) is 13.2 Å². The highest BCUT2D eigenvalue weighted by Gasteiger charge is 2.58. The van der Waals surface area contributed by atoms with E-state index in [0.29, 0.717) is 0 Å². The summed E-state index contributed by atoms with van der Waals surface area (Å²) in [5.41, 5.74) is -0.914. The SMILES string of the molecule is CC1(C)C2N=c3ccccc3=CN2CC1C(F)(F)F. The predicted octanol–water partition coefficient (Wildman–Crippen LogP) is 1.90. The van der Waals surface area contributed by atoms with Gasteiger partial charge in [-0.2, -0.15) is 13.2 Å². The molecule has 0 bridgehead atoms. The first-order valence-corrected chi connectivity index (χ1v) is 6.27. The van der Waals surface area contributed by atoms with Gasteiger partial charge in [0.15, 0.2) is 0 Å². The third kappa shape index (κ3) is 1.83. The van der Waals surface area contributed by atoms with Crippen molar-refractivity contribution in [2.75, 3.05) is 6.54 Å². The maximum atomic E-state index is 13.1. The Hall–Kier alpha value is -1.52. The third-order valence-corrected chi connectivity index (χ3v) is 4.17. The smallest absolute Gasteiger partial charge is 0.354 e. The van der Waals surface area contributed by atoms with Crippen molar-refractivity contribution >= 4 is 6.20 Å². The zero-order valence-electron chi connectivity index (χ0n) is 10.8. The predicted molar refractivity (Wildman–Crippen MR) is 65.5 cm³/mol. The highest BCUT2D eigenvalue weighted by atomic mass is 19.4. The van der Waals surface area contributed by atoms with Crippen LogP contribution in [0.3, 0.4) is 0 Å². The lowest BCUT2D eigenvalue weighted by Gasteiger charge is -2.32. The van der Waals surface area contributed by atoms with E-state index >= 15 is 0 Å². The first-order valence-electron chi connectivity index (χ1n) is 6.27. The molecule has 0 spiro atoms. The van der Waals surface area contributed by atoms with Crippen LogP contribution in [0.2, 0.25) is 0 Å². The first-order chi connectivity index (χ1) is 8.80. The topological polar surface area (TPSA) is 15.6 Å². The highest BCUT2D eigenvalue weighted by molar-refractivity contribution is 5.28. The number of benzene rings is 1. The van der Waals surface area contributed by atoms with Crippen LogP contribution in [-0.2, 0) is 0 Å². The summed E-state index contributed by atoms with van der Waals surface area (Å²) in [6.07, 6.45) is -2.81. The average molecular weight is 268 g/mol. The highest BCUT2D eigenvalue weighted by Crippen LogP contribution is 2.49. The number of alkyl halides is 3. The van der Waals surface area contributed by atoms with E-state index in [1.807, 2.05) is 24.3 Å². The van der Waals surface area contributed by atoms with Crippen molar-refractivity contribution in [2.45, 2.75) is 26.2 Å². The van der Waals surface area contributed by atoms with Crippen molar-refractivity contribution in [1.82, 2.24) is 4.90 Å². The zero-order chi connectivity index (χ0) is 13.8. The Morgan fingerprint density at radius 2 is 1.95 bits per heavy atom. The molecule has 3 rings (SSSR count). The fourth-order valence-corrected chi connectivity index (χ4v) is 3.07. The molecular weight excluding hydrogens is 253 g/mol. The molecule has 102 valence electrons. The fraction of sp³-hybridized carbons (Fsp3) is 0.500. The number of halogens is 3. The van der Waals surface area contributed by atoms with E-state index in [2.05, 4.69) is 4.99 Å². The van der Waals surface area contributed by atoms with Crippen molar-refractivity contribution in [3.63, 3.8) is 0 Å². The van der Waals surface area contributed by atoms with E-state index < -0.39 is 23.7 Å². The van der Waals surface area contributed by atoms with Gasteiger partial charge in [-0.15, -0.1) is 0 Å². The van der Waals surface area contributed by atoms with Gasteiger partial charge in [0.25, 0.3) is 0 Å². The van der Waals surface area contributed by atoms with Crippen molar-refractivity contribution in [3.05, 3.63) is 34.8 Å². The van der Waals surface area contributed by atoms with Crippen molar-refractivity contribution in [1.29, 1.82) is 0 Å². The van der Waals surface area contributed by atoms with Gasteiger partial charge >= 0.3 is 6.18 Å². The number of para-hydroxylation sites is 1. The number of hydrogen-bond donors (Lipinski definition) is 0. The van der Waals surface area contributed by atoms with Crippen molar-refractivity contribution < 1.29 is 13.2 Å². The molecule has 2 nitrogen and oxygen atoms in total. The number of rotatable bonds is 0. The van der Waals surface area contributed by atoms with Gasteiger partial charge in [-0.05, 0) is 6.07 Å². The van der Waals surface area contributed by atoms with Crippen LogP contribution in [0.1, 0.15) is 13.8 Å². The molecule has 0 saturated carbocycles. The van der Waals surface area contributed by atoms with Gasteiger partial charge in [-0.3, -0.25) is 4.99 Å². The lowest BCUT2D eigenvalue weighted by atomic mass is 9.79. The van der Waals surface area contributed by atoms with Crippen LogP contribution in [0, 0.1) is 11.3 Å². The largest absolute Gasteiger partial charge is 0.394 e. The second kappa shape index (κ2) is 3.74. The molecule has 1 aromatic carbocycles. The molecule has 19 heavy (non-hydrogen) atoms. The van der Waals surface area contributed by atoms with E-state index in [4.69, 9.17) is 0 Å². The maximum absolute atomic E-state index is 13.1. The molecule has 1 aromatic rings. The summed E-state index contributed by atoms with van der Waals surface area (Å²) in [5, 5.41) is 1.66. The lowest BCUT2D eigenvalue weighted by molar-refractivity contribution is -0.192. The van der Waals surface area contributed by atoms with Crippen LogP contribution in [0.5, 0.6) is 0 Å². The Morgan fingerprint density at radius 1 is 1.26 bits per heavy atom. The normalized spacial score (nSPS) is 28.2. The van der Waals surface area contributed by atoms with Gasteiger partial charge in [0.2, 0.25) is 0 Å². The van der Waals surface area contributed by atoms with E-state index in [1.54, 1.807) is 24.9 Å². The minimum absolute atomic E-state index is 0.0149. The second-order valence-electron chi connectivity index (χ2n) is 5.80. The van der Waals surface area contributed by atoms with Crippen LogP contribution in [-0.4, -0.2) is 23.8 Å². The molecule has 5 heteroatoms. The fourth-order valence-electron chi connectivity index (χ4n) is 3.07. The Morgan fingerprint density at radius 3 is 2.63 bits per heavy atom. The minimum Gasteiger partial charge on any atom is -0.354 e. The minimum atomic E-state index is -4.18. The Bertz CT molecular complexity index is 618. The molecular formula is C14H15F3N2. The molecule has 2 unspecified atom stereocenters. The van der Waals surface area contributed by atoms with Gasteiger partial charge in [0.1, 0.15) is 6.17 Å². The summed E-state index contributed by atoms with van der Waals surface area (Å²) in [6, 6.07) is 7.45. The summed E-state index contributed by atoms with van der Waals surface area (Å²) < 4.78 is 39.4. The maximum Gasteiger partial charge on any atom is 0.394 e. The summed E-state index contributed by atoms with van der Waals surface area (Å²) >= 11 is 0. The van der Waals surface area contributed by atoms with Gasteiger partial charge in [0, 0.05) is 23.4 Å². The zero-order valence-corrected chi connectivity index (χ0v) is 10.8. The van der Waals surface area contributed by atoms with E-state index in [-0.39, 0.29) is 6.54 Å². The Labute approximate surface area is 109 Å².